The first-order valence-corrected chi connectivity index (χ1v) is 6.08. The molecule has 1 aliphatic heterocycles. The largest absolute Gasteiger partial charge is 0.379 e. The molecule has 18 heavy (non-hydrogen) atoms. The minimum absolute atomic E-state index is 0.00365. The molecule has 1 aromatic carbocycles. The monoisotopic (exact) mass is 244 g/mol. The van der Waals surface area contributed by atoms with Gasteiger partial charge in [0.15, 0.2) is 0 Å². The highest BCUT2D eigenvalue weighted by Crippen LogP contribution is 2.25. The van der Waals surface area contributed by atoms with Crippen molar-refractivity contribution in [3.05, 3.63) is 42.0 Å². The first-order chi connectivity index (χ1) is 8.77. The first kappa shape index (κ1) is 11.4. The van der Waals surface area contributed by atoms with Crippen molar-refractivity contribution in [2.75, 3.05) is 13.2 Å². The van der Waals surface area contributed by atoms with Crippen molar-refractivity contribution >= 4 is 0 Å². The number of hydrogen-bond donors (Lipinski definition) is 1. The quantitative estimate of drug-likeness (QED) is 0.856. The van der Waals surface area contributed by atoms with Gasteiger partial charge >= 0.3 is 0 Å². The van der Waals surface area contributed by atoms with E-state index in [0.29, 0.717) is 13.2 Å². The Bertz CT molecular complexity index is 537. The van der Waals surface area contributed by atoms with Gasteiger partial charge in [-0.2, -0.15) is 0 Å². The Balaban J connectivity index is 2.07. The molecular weight excluding hydrogens is 228 g/mol. The lowest BCUT2D eigenvalue weighted by molar-refractivity contribution is 0.190. The summed E-state index contributed by atoms with van der Waals surface area (Å²) in [5.74, 6) is 1.88. The zero-order valence-electron chi connectivity index (χ0n) is 10.3. The topological polar surface area (TPSA) is 66.0 Å². The number of benzene rings is 1. The molecule has 0 saturated carbocycles. The normalized spacial score (nSPS) is 23.4. The zero-order valence-corrected chi connectivity index (χ0v) is 10.3. The highest BCUT2D eigenvalue weighted by atomic mass is 16.5. The van der Waals surface area contributed by atoms with E-state index in [1.807, 2.05) is 37.3 Å². The summed E-state index contributed by atoms with van der Waals surface area (Å²) in [7, 11) is 0. The van der Waals surface area contributed by atoms with Crippen molar-refractivity contribution in [1.82, 2.24) is 14.8 Å². The van der Waals surface area contributed by atoms with Gasteiger partial charge in [-0.3, -0.25) is 4.57 Å². The number of nitrogens with zero attached hydrogens (tertiary/aromatic N) is 3. The van der Waals surface area contributed by atoms with E-state index in [0.717, 1.165) is 17.3 Å². The minimum atomic E-state index is -0.00365. The van der Waals surface area contributed by atoms with Gasteiger partial charge in [-0.15, -0.1) is 10.2 Å². The molecule has 1 fully saturated rings. The summed E-state index contributed by atoms with van der Waals surface area (Å²) in [5, 5.41) is 8.45. The summed E-state index contributed by atoms with van der Waals surface area (Å²) in [6, 6.07) is 10.1. The van der Waals surface area contributed by atoms with Gasteiger partial charge in [0.2, 0.25) is 0 Å². The number of nitrogens with two attached hydrogens (primary N) is 1. The lowest BCUT2D eigenvalue weighted by atomic mass is 10.0. The molecule has 2 heterocycles. The third-order valence-corrected chi connectivity index (χ3v) is 3.32. The maximum absolute atomic E-state index is 6.06. The van der Waals surface area contributed by atoms with Gasteiger partial charge in [-0.25, -0.2) is 0 Å². The van der Waals surface area contributed by atoms with E-state index in [9.17, 15) is 0 Å². The molecule has 0 bridgehead atoms. The second kappa shape index (κ2) is 4.51. The number of rotatable bonds is 2. The lowest BCUT2D eigenvalue weighted by Gasteiger charge is -2.15. The van der Waals surface area contributed by atoms with Crippen LogP contribution in [0.25, 0.3) is 5.69 Å². The third-order valence-electron chi connectivity index (χ3n) is 3.32. The van der Waals surface area contributed by atoms with Crippen LogP contribution in [0.3, 0.4) is 0 Å². The van der Waals surface area contributed by atoms with Crippen molar-refractivity contribution < 1.29 is 4.74 Å². The Morgan fingerprint density at radius 3 is 2.67 bits per heavy atom. The summed E-state index contributed by atoms with van der Waals surface area (Å²) in [4.78, 5) is 0. The van der Waals surface area contributed by atoms with Gasteiger partial charge < -0.3 is 10.5 Å². The fourth-order valence-electron chi connectivity index (χ4n) is 2.35. The average Bonchev–Trinajstić information content (AvgIpc) is 2.96. The molecule has 1 aromatic heterocycles. The van der Waals surface area contributed by atoms with Gasteiger partial charge in [0.25, 0.3) is 0 Å². The van der Waals surface area contributed by atoms with Crippen LogP contribution < -0.4 is 5.73 Å². The van der Waals surface area contributed by atoms with Crippen LogP contribution in [0.2, 0.25) is 0 Å². The summed E-state index contributed by atoms with van der Waals surface area (Å²) >= 11 is 0. The molecule has 0 radical (unpaired) electrons. The van der Waals surface area contributed by atoms with E-state index >= 15 is 0 Å². The van der Waals surface area contributed by atoms with Crippen LogP contribution in [0.5, 0.6) is 0 Å². The number of aromatic nitrogens is 3. The number of aryl methyl sites for hydroxylation is 1. The average molecular weight is 244 g/mol. The standard InChI is InChI=1S/C13H16N4O/c1-9-15-16-13(11-7-18-8-12(11)14)17(9)10-5-3-2-4-6-10/h2-6,11-12H,7-8,14H2,1H3. The van der Waals surface area contributed by atoms with E-state index in [4.69, 9.17) is 10.5 Å². The van der Waals surface area contributed by atoms with Crippen LogP contribution in [-0.2, 0) is 4.74 Å². The van der Waals surface area contributed by atoms with Gasteiger partial charge in [-0.1, -0.05) is 18.2 Å². The predicted octanol–water partition coefficient (Wildman–Crippen LogP) is 1.02. The van der Waals surface area contributed by atoms with Crippen molar-refractivity contribution in [2.24, 2.45) is 5.73 Å². The maximum Gasteiger partial charge on any atom is 0.144 e. The smallest absolute Gasteiger partial charge is 0.144 e. The molecule has 2 N–H and O–H groups in total. The molecule has 0 amide bonds. The van der Waals surface area contributed by atoms with Crippen LogP contribution in [-0.4, -0.2) is 34.0 Å². The SMILES string of the molecule is Cc1nnc(C2COCC2N)n1-c1ccccc1. The van der Waals surface area contributed by atoms with E-state index in [-0.39, 0.29) is 12.0 Å². The van der Waals surface area contributed by atoms with Crippen molar-refractivity contribution in [2.45, 2.75) is 18.9 Å². The highest BCUT2D eigenvalue weighted by Gasteiger charge is 2.31. The highest BCUT2D eigenvalue weighted by molar-refractivity contribution is 5.34. The minimum Gasteiger partial charge on any atom is -0.379 e. The number of para-hydroxylation sites is 1. The Hall–Kier alpha value is -1.72. The van der Waals surface area contributed by atoms with Gasteiger partial charge in [0.1, 0.15) is 11.6 Å². The molecule has 5 heteroatoms. The molecule has 2 atom stereocenters. The summed E-state index contributed by atoms with van der Waals surface area (Å²) in [6.07, 6.45) is 0. The molecule has 1 saturated heterocycles. The van der Waals surface area contributed by atoms with Gasteiger partial charge in [-0.05, 0) is 19.1 Å². The van der Waals surface area contributed by atoms with Crippen molar-refractivity contribution in [3.63, 3.8) is 0 Å². The molecule has 94 valence electrons. The third kappa shape index (κ3) is 1.81. The molecule has 5 nitrogen and oxygen atoms in total. The fraction of sp³-hybridized carbons (Fsp3) is 0.385. The van der Waals surface area contributed by atoms with Crippen LogP contribution in [0, 0.1) is 6.92 Å². The van der Waals surface area contributed by atoms with Crippen LogP contribution in [0.15, 0.2) is 30.3 Å². The van der Waals surface area contributed by atoms with Gasteiger partial charge in [0.05, 0.1) is 19.1 Å². The second-order valence-electron chi connectivity index (χ2n) is 4.58. The lowest BCUT2D eigenvalue weighted by Crippen LogP contribution is -2.28. The number of ether oxygens (including phenoxy) is 1. The summed E-state index contributed by atoms with van der Waals surface area (Å²) in [6.45, 7) is 3.16. The predicted molar refractivity (Wildman–Crippen MR) is 67.6 cm³/mol. The number of hydrogen-bond acceptors (Lipinski definition) is 4. The van der Waals surface area contributed by atoms with E-state index < -0.39 is 0 Å². The van der Waals surface area contributed by atoms with Crippen molar-refractivity contribution in [3.8, 4) is 5.69 Å². The Morgan fingerprint density at radius 1 is 1.22 bits per heavy atom. The van der Waals surface area contributed by atoms with Crippen LogP contribution in [0.4, 0.5) is 0 Å². The fourth-order valence-corrected chi connectivity index (χ4v) is 2.35. The molecule has 2 aromatic rings. The zero-order chi connectivity index (χ0) is 12.5. The molecule has 1 aliphatic rings. The maximum atomic E-state index is 6.06. The van der Waals surface area contributed by atoms with Gasteiger partial charge in [0, 0.05) is 11.7 Å². The second-order valence-corrected chi connectivity index (χ2v) is 4.58. The molecule has 0 spiro atoms. The molecule has 2 unspecified atom stereocenters. The van der Waals surface area contributed by atoms with E-state index in [2.05, 4.69) is 14.8 Å². The Morgan fingerprint density at radius 2 is 2.00 bits per heavy atom. The molecule has 3 rings (SSSR count). The molecule has 0 aliphatic carbocycles. The molecular formula is C13H16N4O. The Labute approximate surface area is 106 Å². The van der Waals surface area contributed by atoms with E-state index in [1.54, 1.807) is 0 Å². The summed E-state index contributed by atoms with van der Waals surface area (Å²) in [5.41, 5.74) is 7.13. The van der Waals surface area contributed by atoms with Crippen LogP contribution >= 0.6 is 0 Å². The van der Waals surface area contributed by atoms with Crippen molar-refractivity contribution in [1.29, 1.82) is 0 Å². The Kier molecular flexibility index (Phi) is 2.85. The summed E-state index contributed by atoms with van der Waals surface area (Å²) < 4.78 is 7.47. The first-order valence-electron chi connectivity index (χ1n) is 6.08. The van der Waals surface area contributed by atoms with Crippen LogP contribution in [0.1, 0.15) is 17.6 Å². The van der Waals surface area contributed by atoms with E-state index in [1.165, 1.54) is 0 Å².